The molecule has 8 nitrogen and oxygen atoms in total. The molecule has 3 aliphatic rings. The molecule has 2 heterocycles. The van der Waals surface area contributed by atoms with Crippen molar-refractivity contribution in [2.45, 2.75) is 25.3 Å². The molecule has 1 amide bonds. The molecule has 8 heteroatoms. The molecule has 31 heavy (non-hydrogen) atoms. The number of ether oxygens (including phenoxy) is 5. The van der Waals surface area contributed by atoms with E-state index in [1.54, 1.807) is 38.2 Å². The van der Waals surface area contributed by atoms with Crippen molar-refractivity contribution in [3.05, 3.63) is 46.5 Å². The monoisotopic (exact) mass is 425 g/mol. The first-order chi connectivity index (χ1) is 15.0. The summed E-state index contributed by atoms with van der Waals surface area (Å²) >= 11 is 0. The lowest BCUT2D eigenvalue weighted by Gasteiger charge is -2.44. The summed E-state index contributed by atoms with van der Waals surface area (Å²) in [6, 6.07) is 7.37. The van der Waals surface area contributed by atoms with E-state index in [9.17, 15) is 9.59 Å². The summed E-state index contributed by atoms with van der Waals surface area (Å²) in [5.74, 6) is 1.86. The minimum absolute atomic E-state index is 0.0647. The van der Waals surface area contributed by atoms with Gasteiger partial charge in [-0.3, -0.25) is 9.69 Å². The quantitative estimate of drug-likeness (QED) is 0.747. The van der Waals surface area contributed by atoms with Crippen LogP contribution in [-0.4, -0.2) is 50.9 Å². The third-order valence-electron chi connectivity index (χ3n) is 6.28. The predicted molar refractivity (Wildman–Crippen MR) is 109 cm³/mol. The highest BCUT2D eigenvalue weighted by molar-refractivity contribution is 6.12. The Morgan fingerprint density at radius 3 is 2.65 bits per heavy atom. The highest BCUT2D eigenvalue weighted by Crippen LogP contribution is 2.52. The molecule has 162 valence electrons. The number of carbonyl (C=O) groups excluding carboxylic acids is 2. The fourth-order valence-electron chi connectivity index (χ4n) is 4.94. The zero-order chi connectivity index (χ0) is 21.8. The van der Waals surface area contributed by atoms with Gasteiger partial charge in [-0.25, -0.2) is 4.79 Å². The van der Waals surface area contributed by atoms with Gasteiger partial charge in [-0.1, -0.05) is 6.07 Å². The van der Waals surface area contributed by atoms with Crippen LogP contribution in [0.25, 0.3) is 0 Å². The van der Waals surface area contributed by atoms with Gasteiger partial charge in [0.05, 0.1) is 26.4 Å². The summed E-state index contributed by atoms with van der Waals surface area (Å²) in [5, 5.41) is 0. The summed E-state index contributed by atoms with van der Waals surface area (Å²) in [4.78, 5) is 28.7. The average Bonchev–Trinajstić information content (AvgIpc) is 3.36. The molecule has 2 aliphatic heterocycles. The number of hydrogen-bond acceptors (Lipinski definition) is 7. The van der Waals surface area contributed by atoms with Crippen LogP contribution in [0.3, 0.4) is 0 Å². The summed E-state index contributed by atoms with van der Waals surface area (Å²) in [6.45, 7) is 2.38. The minimum Gasteiger partial charge on any atom is -0.493 e. The second-order valence-electron chi connectivity index (χ2n) is 7.66. The predicted octanol–water partition coefficient (Wildman–Crippen LogP) is 3.08. The van der Waals surface area contributed by atoms with E-state index < -0.39 is 11.6 Å². The maximum Gasteiger partial charge on any atom is 0.410 e. The number of Topliss-reactive ketones (excluding diaryl/α,β-unsaturated/α-hetero) is 1. The number of ketones is 1. The first kappa shape index (κ1) is 19.5. The number of methoxy groups -OCH3 is 2. The first-order valence-electron chi connectivity index (χ1n) is 10.2. The molecule has 0 bridgehead atoms. The fourth-order valence-corrected chi connectivity index (χ4v) is 4.94. The van der Waals surface area contributed by atoms with Crippen molar-refractivity contribution in [3.8, 4) is 23.0 Å². The van der Waals surface area contributed by atoms with Crippen LogP contribution in [0, 0.1) is 0 Å². The van der Waals surface area contributed by atoms with Gasteiger partial charge in [-0.2, -0.15) is 0 Å². The molecule has 2 aromatic rings. The van der Waals surface area contributed by atoms with Gasteiger partial charge in [0, 0.05) is 13.0 Å². The SMILES string of the molecule is CCOC(=O)N1CCc2cc(OC)c(OC)cc2C12Cc1ccc3c(c1C2=O)OCO3. The van der Waals surface area contributed by atoms with Crippen LogP contribution in [0.5, 0.6) is 23.0 Å². The van der Waals surface area contributed by atoms with E-state index in [-0.39, 0.29) is 19.2 Å². The Labute approximate surface area is 179 Å². The van der Waals surface area contributed by atoms with Gasteiger partial charge in [-0.15, -0.1) is 0 Å². The molecule has 0 aromatic heterocycles. The molecular weight excluding hydrogens is 402 g/mol. The molecule has 5 rings (SSSR count). The van der Waals surface area contributed by atoms with Crippen LogP contribution in [0.1, 0.15) is 34.0 Å². The van der Waals surface area contributed by atoms with E-state index in [1.165, 1.54) is 0 Å². The maximum atomic E-state index is 14.1. The van der Waals surface area contributed by atoms with Crippen molar-refractivity contribution < 1.29 is 33.3 Å². The van der Waals surface area contributed by atoms with Crippen molar-refractivity contribution in [3.63, 3.8) is 0 Å². The van der Waals surface area contributed by atoms with Crippen molar-refractivity contribution in [2.75, 3.05) is 34.2 Å². The topological polar surface area (TPSA) is 83.5 Å². The summed E-state index contributed by atoms with van der Waals surface area (Å²) in [5.41, 5.74) is 1.69. The van der Waals surface area contributed by atoms with Gasteiger partial charge in [0.25, 0.3) is 0 Å². The summed E-state index contributed by atoms with van der Waals surface area (Å²) < 4.78 is 27.4. The van der Waals surface area contributed by atoms with Gasteiger partial charge < -0.3 is 23.7 Å². The molecule has 1 spiro atoms. The zero-order valence-corrected chi connectivity index (χ0v) is 17.6. The number of carbonyl (C=O) groups is 2. The van der Waals surface area contributed by atoms with Crippen LogP contribution in [0.2, 0.25) is 0 Å². The van der Waals surface area contributed by atoms with Gasteiger partial charge in [0.15, 0.2) is 28.8 Å². The molecule has 0 saturated heterocycles. The molecule has 2 aromatic carbocycles. The lowest BCUT2D eigenvalue weighted by Crippen LogP contribution is -2.57. The number of rotatable bonds is 3. The van der Waals surface area contributed by atoms with E-state index in [1.807, 2.05) is 12.1 Å². The second kappa shape index (κ2) is 7.08. The third kappa shape index (κ3) is 2.60. The zero-order valence-electron chi connectivity index (χ0n) is 17.6. The smallest absolute Gasteiger partial charge is 0.410 e. The van der Waals surface area contributed by atoms with Crippen LogP contribution in [0.15, 0.2) is 24.3 Å². The van der Waals surface area contributed by atoms with E-state index in [0.29, 0.717) is 47.9 Å². The van der Waals surface area contributed by atoms with Crippen LogP contribution in [0.4, 0.5) is 4.79 Å². The Bertz CT molecular complexity index is 1100. The van der Waals surface area contributed by atoms with Crippen LogP contribution in [-0.2, 0) is 23.1 Å². The van der Waals surface area contributed by atoms with Crippen molar-refractivity contribution in [1.29, 1.82) is 0 Å². The normalized spacial score (nSPS) is 20.5. The standard InChI is InChI=1S/C23H23NO7/c1-4-29-22(26)24-8-7-13-9-17(27-2)18(28-3)10-15(13)23(24)11-14-5-6-16-20(31-12-30-16)19(14)21(23)25/h5-6,9-10H,4,7-8,11-12H2,1-3H3. The van der Waals surface area contributed by atoms with Crippen molar-refractivity contribution >= 4 is 11.9 Å². The van der Waals surface area contributed by atoms with Crippen molar-refractivity contribution in [2.24, 2.45) is 0 Å². The number of hydrogen-bond donors (Lipinski definition) is 0. The number of benzene rings is 2. The number of nitrogens with zero attached hydrogens (tertiary/aromatic N) is 1. The van der Waals surface area contributed by atoms with Gasteiger partial charge >= 0.3 is 6.09 Å². The molecule has 1 atom stereocenters. The molecular formula is C23H23NO7. The Balaban J connectivity index is 1.74. The van der Waals surface area contributed by atoms with E-state index in [2.05, 4.69) is 0 Å². The summed E-state index contributed by atoms with van der Waals surface area (Å²) in [6.07, 6.45) is 0.370. The van der Waals surface area contributed by atoms with Crippen LogP contribution >= 0.6 is 0 Å². The van der Waals surface area contributed by atoms with Crippen LogP contribution < -0.4 is 18.9 Å². The highest BCUT2D eigenvalue weighted by atomic mass is 16.7. The lowest BCUT2D eigenvalue weighted by atomic mass is 9.77. The van der Waals surface area contributed by atoms with Gasteiger partial charge in [0.1, 0.15) is 5.54 Å². The Kier molecular flexibility index (Phi) is 4.46. The summed E-state index contributed by atoms with van der Waals surface area (Å²) in [7, 11) is 3.12. The molecule has 0 radical (unpaired) electrons. The number of fused-ring (bicyclic) bond motifs is 5. The largest absolute Gasteiger partial charge is 0.493 e. The fraction of sp³-hybridized carbons (Fsp3) is 0.391. The highest BCUT2D eigenvalue weighted by Gasteiger charge is 2.57. The second-order valence-corrected chi connectivity index (χ2v) is 7.66. The molecule has 0 N–H and O–H groups in total. The number of amides is 1. The Hall–Kier alpha value is -3.42. The van der Waals surface area contributed by atoms with Gasteiger partial charge in [0.2, 0.25) is 6.79 Å². The van der Waals surface area contributed by atoms with E-state index in [4.69, 9.17) is 23.7 Å². The Morgan fingerprint density at radius 2 is 1.90 bits per heavy atom. The Morgan fingerprint density at radius 1 is 1.13 bits per heavy atom. The third-order valence-corrected chi connectivity index (χ3v) is 6.28. The van der Waals surface area contributed by atoms with E-state index >= 15 is 0 Å². The molecule has 0 fully saturated rings. The molecule has 1 unspecified atom stereocenters. The van der Waals surface area contributed by atoms with Crippen molar-refractivity contribution in [1.82, 2.24) is 4.90 Å². The molecule has 0 saturated carbocycles. The first-order valence-corrected chi connectivity index (χ1v) is 10.2. The maximum absolute atomic E-state index is 14.1. The van der Waals surface area contributed by atoms with Gasteiger partial charge in [-0.05, 0) is 48.2 Å². The van der Waals surface area contributed by atoms with E-state index in [0.717, 1.165) is 16.7 Å². The lowest BCUT2D eigenvalue weighted by molar-refractivity contribution is 0.0390. The average molecular weight is 425 g/mol. The minimum atomic E-state index is -1.25. The molecule has 1 aliphatic carbocycles.